The molecule has 7 heteroatoms. The van der Waals surface area contributed by atoms with Gasteiger partial charge in [-0.15, -0.1) is 0 Å². The average molecular weight is 332 g/mol. The second-order valence-corrected chi connectivity index (χ2v) is 5.08. The Hall–Kier alpha value is -2.96. The molecule has 0 spiro atoms. The summed E-state index contributed by atoms with van der Waals surface area (Å²) in [5.74, 6) is 1.38. The summed E-state index contributed by atoms with van der Waals surface area (Å²) in [6.45, 7) is 1.97. The Labute approximate surface area is 139 Å². The van der Waals surface area contributed by atoms with Crippen molar-refractivity contribution in [1.82, 2.24) is 10.3 Å². The maximum Gasteiger partial charge on any atom is 0.253 e. The van der Waals surface area contributed by atoms with Crippen LogP contribution in [0.3, 0.4) is 0 Å². The molecular weight excluding hydrogens is 312 g/mol. The van der Waals surface area contributed by atoms with Gasteiger partial charge in [0.25, 0.3) is 5.91 Å². The first-order valence-electron chi connectivity index (χ1n) is 7.25. The second-order valence-electron chi connectivity index (χ2n) is 5.08. The van der Waals surface area contributed by atoms with Crippen LogP contribution in [0.15, 0.2) is 18.2 Å². The zero-order chi connectivity index (χ0) is 17.7. The van der Waals surface area contributed by atoms with Crippen LogP contribution >= 0.6 is 0 Å². The number of aromatic nitrogens is 1. The van der Waals surface area contributed by atoms with Gasteiger partial charge in [-0.05, 0) is 19.1 Å². The van der Waals surface area contributed by atoms with Crippen molar-refractivity contribution in [2.24, 2.45) is 0 Å². The molecule has 0 aliphatic heterocycles. The molecule has 0 atom stereocenters. The fraction of sp³-hybridized carbons (Fsp3) is 0.294. The molecule has 2 aromatic rings. The van der Waals surface area contributed by atoms with Gasteiger partial charge < -0.3 is 24.5 Å². The van der Waals surface area contributed by atoms with Crippen molar-refractivity contribution in [2.45, 2.75) is 13.5 Å². The Balaban J connectivity index is 2.20. The van der Waals surface area contributed by atoms with Crippen LogP contribution in [-0.4, -0.2) is 38.5 Å². The molecule has 1 heterocycles. The van der Waals surface area contributed by atoms with Gasteiger partial charge in [-0.25, -0.2) is 0 Å². The van der Waals surface area contributed by atoms with Gasteiger partial charge in [0.05, 0.1) is 32.6 Å². The van der Waals surface area contributed by atoms with E-state index in [1.165, 1.54) is 20.3 Å². The number of amides is 1. The standard InChI is InChI=1S/C17H20N2O5/c1-10-13(6-12(9-20)19-10)17(21)18-8-11-5-15(23-3)16(24-4)7-14(11)22-2/h5-7,9,19H,8H2,1-4H3,(H,18,21). The lowest BCUT2D eigenvalue weighted by atomic mass is 10.1. The Morgan fingerprint density at radius 2 is 1.71 bits per heavy atom. The number of benzene rings is 1. The molecule has 0 radical (unpaired) electrons. The number of rotatable bonds is 7. The average Bonchev–Trinajstić information content (AvgIpc) is 2.99. The number of nitrogens with one attached hydrogen (secondary N) is 2. The van der Waals surface area contributed by atoms with E-state index < -0.39 is 0 Å². The molecule has 1 aromatic carbocycles. The molecule has 1 aromatic heterocycles. The molecule has 0 saturated carbocycles. The molecule has 0 unspecified atom stereocenters. The highest BCUT2D eigenvalue weighted by atomic mass is 16.5. The Morgan fingerprint density at radius 1 is 1.08 bits per heavy atom. The number of hydrogen-bond donors (Lipinski definition) is 2. The lowest BCUT2D eigenvalue weighted by molar-refractivity contribution is 0.0950. The van der Waals surface area contributed by atoms with Crippen LogP contribution in [0.2, 0.25) is 0 Å². The number of carbonyl (C=O) groups excluding carboxylic acids is 2. The lowest BCUT2D eigenvalue weighted by Gasteiger charge is -2.14. The molecule has 0 bridgehead atoms. The number of hydrogen-bond acceptors (Lipinski definition) is 5. The van der Waals surface area contributed by atoms with Gasteiger partial charge in [-0.2, -0.15) is 0 Å². The van der Waals surface area contributed by atoms with Crippen molar-refractivity contribution in [3.63, 3.8) is 0 Å². The molecule has 2 rings (SSSR count). The predicted molar refractivity (Wildman–Crippen MR) is 88.2 cm³/mol. The van der Waals surface area contributed by atoms with Crippen molar-refractivity contribution in [3.05, 3.63) is 40.7 Å². The number of ether oxygens (including phenoxy) is 3. The highest BCUT2D eigenvalue weighted by Crippen LogP contribution is 2.34. The molecule has 2 N–H and O–H groups in total. The Morgan fingerprint density at radius 3 is 2.25 bits per heavy atom. The van der Waals surface area contributed by atoms with Gasteiger partial charge in [0.2, 0.25) is 0 Å². The molecule has 7 nitrogen and oxygen atoms in total. The fourth-order valence-electron chi connectivity index (χ4n) is 2.38. The van der Waals surface area contributed by atoms with Crippen molar-refractivity contribution in [3.8, 4) is 17.2 Å². The number of aldehydes is 1. The van der Waals surface area contributed by atoms with Gasteiger partial charge in [0.1, 0.15) is 5.75 Å². The summed E-state index contributed by atoms with van der Waals surface area (Å²) in [5, 5.41) is 2.81. The number of carbonyl (C=O) groups is 2. The van der Waals surface area contributed by atoms with Gasteiger partial charge in [0.15, 0.2) is 17.8 Å². The van der Waals surface area contributed by atoms with Crippen LogP contribution in [0, 0.1) is 6.92 Å². The van der Waals surface area contributed by atoms with Crippen LogP contribution in [0.25, 0.3) is 0 Å². The summed E-state index contributed by atoms with van der Waals surface area (Å²) in [5.41, 5.74) is 2.17. The van der Waals surface area contributed by atoms with Crippen LogP contribution in [0.4, 0.5) is 0 Å². The zero-order valence-electron chi connectivity index (χ0n) is 14.1. The third-order valence-electron chi connectivity index (χ3n) is 3.63. The van der Waals surface area contributed by atoms with E-state index in [4.69, 9.17) is 14.2 Å². The van der Waals surface area contributed by atoms with Crippen LogP contribution in [-0.2, 0) is 6.54 Å². The summed E-state index contributed by atoms with van der Waals surface area (Å²) >= 11 is 0. The minimum Gasteiger partial charge on any atom is -0.496 e. The smallest absolute Gasteiger partial charge is 0.253 e. The third-order valence-corrected chi connectivity index (χ3v) is 3.63. The molecule has 128 valence electrons. The Kier molecular flexibility index (Phi) is 5.47. The van der Waals surface area contributed by atoms with Gasteiger partial charge >= 0.3 is 0 Å². The summed E-state index contributed by atoms with van der Waals surface area (Å²) < 4.78 is 15.8. The van der Waals surface area contributed by atoms with Gasteiger partial charge in [-0.1, -0.05) is 0 Å². The van der Waals surface area contributed by atoms with Gasteiger partial charge in [-0.3, -0.25) is 9.59 Å². The van der Waals surface area contributed by atoms with Crippen molar-refractivity contribution < 1.29 is 23.8 Å². The molecular formula is C17H20N2O5. The van der Waals surface area contributed by atoms with Crippen molar-refractivity contribution in [2.75, 3.05) is 21.3 Å². The zero-order valence-corrected chi connectivity index (χ0v) is 14.1. The maximum atomic E-state index is 12.3. The predicted octanol–water partition coefficient (Wildman–Crippen LogP) is 2.09. The van der Waals surface area contributed by atoms with Crippen LogP contribution < -0.4 is 19.5 Å². The first-order valence-corrected chi connectivity index (χ1v) is 7.25. The topological polar surface area (TPSA) is 89.7 Å². The highest BCUT2D eigenvalue weighted by Gasteiger charge is 2.15. The van der Waals surface area contributed by atoms with E-state index in [0.29, 0.717) is 40.5 Å². The van der Waals surface area contributed by atoms with E-state index >= 15 is 0 Å². The summed E-state index contributed by atoms with van der Waals surface area (Å²) in [6.07, 6.45) is 0.668. The lowest BCUT2D eigenvalue weighted by Crippen LogP contribution is -2.23. The first-order chi connectivity index (χ1) is 11.5. The van der Waals surface area contributed by atoms with E-state index in [9.17, 15) is 9.59 Å². The maximum absolute atomic E-state index is 12.3. The molecule has 1 amide bonds. The number of aromatic amines is 1. The largest absolute Gasteiger partial charge is 0.496 e. The van der Waals surface area contributed by atoms with E-state index in [0.717, 1.165) is 5.56 Å². The highest BCUT2D eigenvalue weighted by molar-refractivity contribution is 5.97. The van der Waals surface area contributed by atoms with Gasteiger partial charge in [0, 0.05) is 23.9 Å². The summed E-state index contributed by atoms with van der Waals surface area (Å²) in [4.78, 5) is 25.9. The number of H-pyrrole nitrogens is 1. The monoisotopic (exact) mass is 332 g/mol. The molecule has 0 fully saturated rings. The molecule has 0 aliphatic rings. The van der Waals surface area contributed by atoms with Crippen molar-refractivity contribution in [1.29, 1.82) is 0 Å². The van der Waals surface area contributed by atoms with Crippen molar-refractivity contribution >= 4 is 12.2 Å². The normalized spacial score (nSPS) is 10.2. The minimum atomic E-state index is -0.284. The van der Waals surface area contributed by atoms with Crippen LogP contribution in [0.5, 0.6) is 17.2 Å². The van der Waals surface area contributed by atoms with E-state index in [1.54, 1.807) is 26.2 Å². The molecule has 0 aliphatic carbocycles. The number of methoxy groups -OCH3 is 3. The fourth-order valence-corrected chi connectivity index (χ4v) is 2.38. The SMILES string of the molecule is COc1cc(OC)c(OC)cc1CNC(=O)c1cc(C=O)[nH]c1C. The van der Waals surface area contributed by atoms with Crippen LogP contribution in [0.1, 0.15) is 32.1 Å². The quantitative estimate of drug-likeness (QED) is 0.758. The first kappa shape index (κ1) is 17.4. The third kappa shape index (κ3) is 3.51. The second kappa shape index (κ2) is 7.54. The molecule has 24 heavy (non-hydrogen) atoms. The van der Waals surface area contributed by atoms with E-state index in [1.807, 2.05) is 0 Å². The summed E-state index contributed by atoms with van der Waals surface area (Å²) in [7, 11) is 4.62. The number of aryl methyl sites for hydroxylation is 1. The Bertz CT molecular complexity index is 752. The van der Waals surface area contributed by atoms with E-state index in [2.05, 4.69) is 10.3 Å². The summed E-state index contributed by atoms with van der Waals surface area (Å²) in [6, 6.07) is 4.97. The van der Waals surface area contributed by atoms with E-state index in [-0.39, 0.29) is 12.5 Å². The minimum absolute atomic E-state index is 0.239. The molecule has 0 saturated heterocycles.